The number of nitrogens with one attached hydrogen (secondary N) is 1. The molecule has 0 aliphatic carbocycles. The van der Waals surface area contributed by atoms with Crippen molar-refractivity contribution in [2.24, 2.45) is 5.92 Å². The van der Waals surface area contributed by atoms with Gasteiger partial charge in [-0.25, -0.2) is 14.2 Å². The highest BCUT2D eigenvalue weighted by molar-refractivity contribution is 5.95. The Labute approximate surface area is 199 Å². The standard InChI is InChI=1S/C24H26FN7O3/c1-3-9-31-23(34)20-22(30(4-2)24(31)35)28-21(27-20)16-11-26-29(14-16)12-15-10-19(33)32(13-15)18-7-5-17(25)6-8-18/h5-8,11,14-15H,3-4,9-10,12-13H2,1-2H3,(H,27,28). The molecule has 4 heterocycles. The lowest BCUT2D eigenvalue weighted by Gasteiger charge is -2.16. The van der Waals surface area contributed by atoms with E-state index in [1.54, 1.807) is 27.9 Å². The van der Waals surface area contributed by atoms with Gasteiger partial charge in [0.05, 0.1) is 11.8 Å². The predicted octanol–water partition coefficient (Wildman–Crippen LogP) is 2.37. The summed E-state index contributed by atoms with van der Waals surface area (Å²) in [5, 5.41) is 4.42. The Morgan fingerprint density at radius 1 is 1.11 bits per heavy atom. The van der Waals surface area contributed by atoms with Crippen LogP contribution in [0.1, 0.15) is 26.7 Å². The van der Waals surface area contributed by atoms with E-state index in [2.05, 4.69) is 15.1 Å². The maximum atomic E-state index is 13.2. The summed E-state index contributed by atoms with van der Waals surface area (Å²) < 4.78 is 17.7. The smallest absolute Gasteiger partial charge is 0.332 e. The van der Waals surface area contributed by atoms with Crippen LogP contribution >= 0.6 is 0 Å². The average molecular weight is 480 g/mol. The quantitative estimate of drug-likeness (QED) is 0.438. The number of benzene rings is 1. The fraction of sp³-hybridized carbons (Fsp3) is 0.375. The van der Waals surface area contributed by atoms with E-state index in [9.17, 15) is 18.8 Å². The number of hydrogen-bond donors (Lipinski definition) is 1. The number of halogens is 1. The van der Waals surface area contributed by atoms with Crippen LogP contribution in [0.4, 0.5) is 10.1 Å². The van der Waals surface area contributed by atoms with Gasteiger partial charge in [-0.15, -0.1) is 0 Å². The van der Waals surface area contributed by atoms with Crippen molar-refractivity contribution in [1.29, 1.82) is 0 Å². The largest absolute Gasteiger partial charge is 0.332 e. The molecule has 11 heteroatoms. The van der Waals surface area contributed by atoms with Gasteiger partial charge >= 0.3 is 5.69 Å². The van der Waals surface area contributed by atoms with Crippen molar-refractivity contribution in [3.8, 4) is 11.4 Å². The Balaban J connectivity index is 1.39. The number of imidazole rings is 1. The molecule has 0 radical (unpaired) electrons. The van der Waals surface area contributed by atoms with Crippen LogP contribution in [0.2, 0.25) is 0 Å². The van der Waals surface area contributed by atoms with Gasteiger partial charge < -0.3 is 9.88 Å². The zero-order valence-electron chi connectivity index (χ0n) is 19.6. The van der Waals surface area contributed by atoms with E-state index in [4.69, 9.17) is 0 Å². The molecule has 1 amide bonds. The first-order chi connectivity index (χ1) is 16.9. The minimum Gasteiger partial charge on any atom is -0.332 e. The van der Waals surface area contributed by atoms with Crippen molar-refractivity contribution >= 4 is 22.8 Å². The molecule has 35 heavy (non-hydrogen) atoms. The Morgan fingerprint density at radius 2 is 1.89 bits per heavy atom. The second-order valence-corrected chi connectivity index (χ2v) is 8.77. The SMILES string of the molecule is CCCn1c(=O)c2[nH]c(-c3cnn(CC4CC(=O)N(c5ccc(F)cc5)C4)c3)nc2n(CC)c1=O. The van der Waals surface area contributed by atoms with Crippen LogP contribution in [-0.4, -0.2) is 41.3 Å². The minimum absolute atomic E-state index is 0.00725. The Hall–Kier alpha value is -4.02. The molecule has 4 aromatic rings. The number of amides is 1. The number of anilines is 1. The number of carbonyl (C=O) groups is 1. The summed E-state index contributed by atoms with van der Waals surface area (Å²) in [6, 6.07) is 5.90. The molecule has 1 aliphatic heterocycles. The van der Waals surface area contributed by atoms with Gasteiger partial charge in [0, 0.05) is 50.4 Å². The van der Waals surface area contributed by atoms with Gasteiger partial charge in [0.2, 0.25) is 5.91 Å². The summed E-state index contributed by atoms with van der Waals surface area (Å²) in [4.78, 5) is 47.4. The Bertz CT molecular complexity index is 1510. The second kappa shape index (κ2) is 8.97. The van der Waals surface area contributed by atoms with E-state index in [0.29, 0.717) is 67.3 Å². The molecular weight excluding hydrogens is 453 g/mol. The number of hydrogen-bond acceptors (Lipinski definition) is 5. The van der Waals surface area contributed by atoms with E-state index in [0.717, 1.165) is 0 Å². The maximum absolute atomic E-state index is 13.2. The van der Waals surface area contributed by atoms with Crippen LogP contribution in [0.25, 0.3) is 22.6 Å². The normalized spacial score (nSPS) is 16.0. The molecule has 1 unspecified atom stereocenters. The second-order valence-electron chi connectivity index (χ2n) is 8.77. The fourth-order valence-electron chi connectivity index (χ4n) is 4.63. The molecule has 3 aromatic heterocycles. The molecule has 0 spiro atoms. The molecule has 1 atom stereocenters. The molecule has 1 fully saturated rings. The third-order valence-electron chi connectivity index (χ3n) is 6.32. The molecule has 1 aliphatic rings. The molecule has 1 saturated heterocycles. The highest BCUT2D eigenvalue weighted by Crippen LogP contribution is 2.27. The average Bonchev–Trinajstić information content (AvgIpc) is 3.57. The Morgan fingerprint density at radius 3 is 2.60 bits per heavy atom. The first-order valence-corrected chi connectivity index (χ1v) is 11.7. The summed E-state index contributed by atoms with van der Waals surface area (Å²) in [6.07, 6.45) is 4.49. The number of aromatic amines is 1. The van der Waals surface area contributed by atoms with Crippen LogP contribution in [0.15, 0.2) is 46.2 Å². The highest BCUT2D eigenvalue weighted by Gasteiger charge is 2.31. The van der Waals surface area contributed by atoms with E-state index in [1.165, 1.54) is 21.3 Å². The third kappa shape index (κ3) is 4.07. The summed E-state index contributed by atoms with van der Waals surface area (Å²) in [5.74, 6) is 0.149. The summed E-state index contributed by atoms with van der Waals surface area (Å²) in [6.45, 7) is 5.52. The lowest BCUT2D eigenvalue weighted by atomic mass is 10.1. The van der Waals surface area contributed by atoms with Crippen LogP contribution in [0, 0.1) is 11.7 Å². The molecule has 5 rings (SSSR count). The zero-order valence-corrected chi connectivity index (χ0v) is 19.6. The molecule has 1 N–H and O–H groups in total. The molecular formula is C24H26FN7O3. The summed E-state index contributed by atoms with van der Waals surface area (Å²) in [7, 11) is 0. The number of rotatable bonds is 7. The molecule has 1 aromatic carbocycles. The van der Waals surface area contributed by atoms with Crippen molar-refractivity contribution in [2.75, 3.05) is 11.4 Å². The van der Waals surface area contributed by atoms with E-state index < -0.39 is 0 Å². The molecule has 182 valence electrons. The van der Waals surface area contributed by atoms with Gasteiger partial charge in [-0.05, 0) is 37.6 Å². The predicted molar refractivity (Wildman–Crippen MR) is 129 cm³/mol. The number of aromatic nitrogens is 6. The van der Waals surface area contributed by atoms with Crippen LogP contribution < -0.4 is 16.1 Å². The molecule has 0 bridgehead atoms. The monoisotopic (exact) mass is 479 g/mol. The number of aryl methyl sites for hydroxylation is 1. The zero-order chi connectivity index (χ0) is 24.7. The first kappa shape index (κ1) is 22.8. The van der Waals surface area contributed by atoms with Crippen molar-refractivity contribution in [2.45, 2.75) is 46.3 Å². The molecule has 0 saturated carbocycles. The van der Waals surface area contributed by atoms with Crippen molar-refractivity contribution < 1.29 is 9.18 Å². The van der Waals surface area contributed by atoms with E-state index >= 15 is 0 Å². The lowest BCUT2D eigenvalue weighted by Crippen LogP contribution is -2.39. The maximum Gasteiger partial charge on any atom is 0.332 e. The van der Waals surface area contributed by atoms with Crippen LogP contribution in [0.3, 0.4) is 0 Å². The minimum atomic E-state index is -0.381. The number of H-pyrrole nitrogens is 1. The number of carbonyl (C=O) groups excluding carboxylic acids is 1. The first-order valence-electron chi connectivity index (χ1n) is 11.7. The number of fused-ring (bicyclic) bond motifs is 1. The van der Waals surface area contributed by atoms with E-state index in [-0.39, 0.29) is 28.9 Å². The van der Waals surface area contributed by atoms with Gasteiger partial charge in [0.25, 0.3) is 5.56 Å². The highest BCUT2D eigenvalue weighted by atomic mass is 19.1. The summed E-state index contributed by atoms with van der Waals surface area (Å²) >= 11 is 0. The van der Waals surface area contributed by atoms with Crippen LogP contribution in [0.5, 0.6) is 0 Å². The fourth-order valence-corrected chi connectivity index (χ4v) is 4.63. The van der Waals surface area contributed by atoms with Crippen molar-refractivity contribution in [1.82, 2.24) is 28.9 Å². The van der Waals surface area contributed by atoms with Gasteiger partial charge in [-0.2, -0.15) is 5.10 Å². The van der Waals surface area contributed by atoms with Gasteiger partial charge in [0.15, 0.2) is 5.65 Å². The molecule has 10 nitrogen and oxygen atoms in total. The summed E-state index contributed by atoms with van der Waals surface area (Å²) in [5.41, 5.74) is 1.23. The topological polar surface area (TPSA) is 111 Å². The third-order valence-corrected chi connectivity index (χ3v) is 6.32. The van der Waals surface area contributed by atoms with E-state index in [1.807, 2.05) is 20.0 Å². The van der Waals surface area contributed by atoms with Gasteiger partial charge in [0.1, 0.15) is 17.2 Å². The Kier molecular flexibility index (Phi) is 5.83. The number of nitrogens with zero attached hydrogens (tertiary/aromatic N) is 6. The van der Waals surface area contributed by atoms with Crippen molar-refractivity contribution in [3.63, 3.8) is 0 Å². The van der Waals surface area contributed by atoms with Gasteiger partial charge in [-0.3, -0.25) is 23.4 Å². The van der Waals surface area contributed by atoms with Crippen molar-refractivity contribution in [3.05, 3.63) is 63.3 Å². The van der Waals surface area contributed by atoms with Crippen LogP contribution in [-0.2, 0) is 24.4 Å². The lowest BCUT2D eigenvalue weighted by molar-refractivity contribution is -0.117. The van der Waals surface area contributed by atoms with Gasteiger partial charge in [-0.1, -0.05) is 6.92 Å².